The van der Waals surface area contributed by atoms with Crippen molar-refractivity contribution < 1.29 is 32.9 Å². The zero-order valence-electron chi connectivity index (χ0n) is 19.5. The summed E-state index contributed by atoms with van der Waals surface area (Å²) in [4.78, 5) is 31.6. The van der Waals surface area contributed by atoms with Gasteiger partial charge in [0, 0.05) is 18.9 Å². The fraction of sp³-hybridized carbons (Fsp3) is 0.864. The fourth-order valence-electron chi connectivity index (χ4n) is 3.97. The van der Waals surface area contributed by atoms with Crippen LogP contribution in [-0.2, 0) is 18.6 Å². The Morgan fingerprint density at radius 2 is 1.53 bits per heavy atom. The molecule has 0 aliphatic rings. The van der Waals surface area contributed by atoms with Crippen molar-refractivity contribution in [3.05, 3.63) is 12.2 Å². The van der Waals surface area contributed by atoms with E-state index in [4.69, 9.17) is 14.2 Å². The third-order valence-electron chi connectivity index (χ3n) is 5.58. The molecular formula is C22H44NO6P. The van der Waals surface area contributed by atoms with E-state index >= 15 is 0 Å². The molecule has 8 heteroatoms. The second kappa shape index (κ2) is 16.9. The molecule has 2 unspecified atom stereocenters. The number of nitrogens with zero attached hydrogens (tertiary/aromatic N) is 1. The van der Waals surface area contributed by atoms with Crippen LogP contribution in [0.3, 0.4) is 0 Å². The van der Waals surface area contributed by atoms with Crippen molar-refractivity contribution in [3.63, 3.8) is 0 Å². The van der Waals surface area contributed by atoms with Crippen LogP contribution in [0, 0.1) is 0 Å². The third-order valence-corrected chi connectivity index (χ3v) is 6.09. The number of unbranched alkanes of at least 4 members (excludes halogenated alkanes) is 3. The summed E-state index contributed by atoms with van der Waals surface area (Å²) < 4.78 is 22.0. The molecular weight excluding hydrogens is 405 g/mol. The van der Waals surface area contributed by atoms with Gasteiger partial charge in [0.1, 0.15) is 0 Å². The molecule has 0 radical (unpaired) electrons. The number of quaternary nitrogens is 1. The zero-order chi connectivity index (χ0) is 22.9. The van der Waals surface area contributed by atoms with Crippen molar-refractivity contribution in [2.24, 2.45) is 0 Å². The van der Waals surface area contributed by atoms with Gasteiger partial charge in [0.05, 0.1) is 38.9 Å². The maximum Gasteiger partial charge on any atom is 0.330 e. The Morgan fingerprint density at radius 3 is 1.97 bits per heavy atom. The van der Waals surface area contributed by atoms with Crippen LogP contribution in [0.15, 0.2) is 12.2 Å². The van der Waals surface area contributed by atoms with E-state index in [1.54, 1.807) is 13.0 Å². The minimum Gasteiger partial charge on any atom is -0.756 e. The predicted molar refractivity (Wildman–Crippen MR) is 119 cm³/mol. The summed E-state index contributed by atoms with van der Waals surface area (Å²) in [6.45, 7) is 11.8. The van der Waals surface area contributed by atoms with E-state index in [2.05, 4.69) is 20.8 Å². The van der Waals surface area contributed by atoms with Gasteiger partial charge in [-0.3, -0.25) is 4.57 Å². The Hall–Kier alpha value is -0.720. The number of rotatable bonds is 19. The maximum atomic E-state index is 11.6. The van der Waals surface area contributed by atoms with Crippen molar-refractivity contribution >= 4 is 13.8 Å². The number of hydrogen-bond acceptors (Lipinski definition) is 5. The first-order chi connectivity index (χ1) is 14.2. The van der Waals surface area contributed by atoms with Gasteiger partial charge in [-0.25, -0.2) is 4.79 Å². The van der Waals surface area contributed by atoms with E-state index in [0.717, 1.165) is 69.1 Å². The fourth-order valence-corrected chi connectivity index (χ4v) is 4.31. The Morgan fingerprint density at radius 1 is 1.00 bits per heavy atom. The minimum absolute atomic E-state index is 0.0231. The lowest BCUT2D eigenvalue weighted by Gasteiger charge is -2.46. The van der Waals surface area contributed by atoms with Crippen LogP contribution in [0.25, 0.3) is 0 Å². The molecule has 0 fully saturated rings. The van der Waals surface area contributed by atoms with E-state index in [9.17, 15) is 14.3 Å². The molecule has 0 saturated heterocycles. The SMILES string of the molecule is CC=CC(=O)OCCCC(CCOP(=O)([O-])O)[N+](CCCC)(CCCC)CCCC. The molecule has 0 aromatic rings. The number of phosphoric acid groups is 1. The van der Waals surface area contributed by atoms with Crippen LogP contribution >= 0.6 is 7.82 Å². The lowest BCUT2D eigenvalue weighted by Crippen LogP contribution is -2.57. The average Bonchev–Trinajstić information content (AvgIpc) is 2.69. The zero-order valence-corrected chi connectivity index (χ0v) is 20.4. The molecule has 0 aromatic heterocycles. The Bertz CT molecular complexity index is 498. The topological polar surface area (TPSA) is 95.9 Å². The first-order valence-electron chi connectivity index (χ1n) is 11.6. The smallest absolute Gasteiger partial charge is 0.330 e. The molecule has 0 bridgehead atoms. The second-order valence-electron chi connectivity index (χ2n) is 8.00. The van der Waals surface area contributed by atoms with Gasteiger partial charge < -0.3 is 23.5 Å². The van der Waals surface area contributed by atoms with Crippen LogP contribution < -0.4 is 4.89 Å². The molecule has 178 valence electrons. The van der Waals surface area contributed by atoms with Crippen LogP contribution in [-0.4, -0.2) is 54.2 Å². The molecule has 0 amide bonds. The van der Waals surface area contributed by atoms with Crippen LogP contribution in [0.1, 0.15) is 85.5 Å². The number of hydrogen-bond donors (Lipinski definition) is 1. The van der Waals surface area contributed by atoms with E-state index in [1.807, 2.05) is 0 Å². The van der Waals surface area contributed by atoms with Crippen molar-refractivity contribution in [2.75, 3.05) is 32.8 Å². The molecule has 0 heterocycles. The van der Waals surface area contributed by atoms with Crippen LogP contribution in [0.5, 0.6) is 0 Å². The van der Waals surface area contributed by atoms with Gasteiger partial charge in [0.25, 0.3) is 7.82 Å². The van der Waals surface area contributed by atoms with Crippen molar-refractivity contribution in [2.45, 2.75) is 91.5 Å². The van der Waals surface area contributed by atoms with Gasteiger partial charge in [-0.05, 0) is 32.6 Å². The number of esters is 1. The van der Waals surface area contributed by atoms with Gasteiger partial charge in [-0.15, -0.1) is 0 Å². The number of carbonyl (C=O) groups excluding carboxylic acids is 1. The Labute approximate surface area is 183 Å². The Balaban J connectivity index is 5.38. The number of ether oxygens (including phenoxy) is 1. The first kappa shape index (κ1) is 29.3. The average molecular weight is 450 g/mol. The summed E-state index contributed by atoms with van der Waals surface area (Å²) in [6, 6.07) is 0.196. The number of carbonyl (C=O) groups is 1. The Kier molecular flexibility index (Phi) is 16.5. The van der Waals surface area contributed by atoms with Crippen molar-refractivity contribution in [3.8, 4) is 0 Å². The van der Waals surface area contributed by atoms with Gasteiger partial charge in [0.15, 0.2) is 0 Å². The highest BCUT2D eigenvalue weighted by Gasteiger charge is 2.35. The normalized spacial score (nSPS) is 15.3. The summed E-state index contributed by atoms with van der Waals surface area (Å²) in [7, 11) is -4.72. The van der Waals surface area contributed by atoms with Gasteiger partial charge in [-0.2, -0.15) is 0 Å². The van der Waals surface area contributed by atoms with Gasteiger partial charge in [0.2, 0.25) is 0 Å². The first-order valence-corrected chi connectivity index (χ1v) is 13.1. The molecule has 0 rings (SSSR count). The predicted octanol–water partition coefficient (Wildman–Crippen LogP) is 4.34. The number of allylic oxidation sites excluding steroid dienone is 1. The van der Waals surface area contributed by atoms with Crippen molar-refractivity contribution in [1.29, 1.82) is 0 Å². The standard InChI is InChI=1S/C22H44NO6P/c1-5-9-16-23(17-10-6-2,18-11-7-3)21(15-20-29-30(25,26)27)14-12-19-28-22(24)13-8-4/h8,13,21H,5-7,9-12,14-20H2,1-4H3,(H-,25,26,27). The quantitative estimate of drug-likeness (QED) is 0.104. The molecule has 30 heavy (non-hydrogen) atoms. The summed E-state index contributed by atoms with van der Waals surface area (Å²) in [5, 5.41) is 0. The van der Waals surface area contributed by atoms with E-state index in [1.165, 1.54) is 6.08 Å². The molecule has 1 N–H and O–H groups in total. The lowest BCUT2D eigenvalue weighted by molar-refractivity contribution is -0.952. The minimum atomic E-state index is -4.72. The van der Waals surface area contributed by atoms with E-state index < -0.39 is 7.82 Å². The highest BCUT2D eigenvalue weighted by atomic mass is 31.2. The molecule has 2 atom stereocenters. The highest BCUT2D eigenvalue weighted by Crippen LogP contribution is 2.32. The van der Waals surface area contributed by atoms with E-state index in [-0.39, 0.29) is 18.6 Å². The second-order valence-corrected chi connectivity index (χ2v) is 9.20. The molecule has 0 spiro atoms. The lowest BCUT2D eigenvalue weighted by atomic mass is 9.99. The molecule has 0 saturated carbocycles. The van der Waals surface area contributed by atoms with E-state index in [0.29, 0.717) is 19.4 Å². The molecule has 0 aromatic carbocycles. The highest BCUT2D eigenvalue weighted by molar-refractivity contribution is 7.44. The summed E-state index contributed by atoms with van der Waals surface area (Å²) in [5.74, 6) is -0.339. The van der Waals surface area contributed by atoms with Gasteiger partial charge >= 0.3 is 5.97 Å². The largest absolute Gasteiger partial charge is 0.756 e. The third kappa shape index (κ3) is 13.6. The molecule has 0 aliphatic carbocycles. The van der Waals surface area contributed by atoms with Crippen LogP contribution in [0.2, 0.25) is 0 Å². The molecule has 7 nitrogen and oxygen atoms in total. The summed E-state index contributed by atoms with van der Waals surface area (Å²) in [6.07, 6.45) is 11.8. The summed E-state index contributed by atoms with van der Waals surface area (Å²) in [5.41, 5.74) is 0. The maximum absolute atomic E-state index is 11.6. The van der Waals surface area contributed by atoms with Crippen LogP contribution in [0.4, 0.5) is 0 Å². The molecule has 0 aliphatic heterocycles. The monoisotopic (exact) mass is 449 g/mol. The van der Waals surface area contributed by atoms with Gasteiger partial charge in [-0.1, -0.05) is 46.1 Å². The number of phosphoric ester groups is 1. The van der Waals surface area contributed by atoms with Crippen molar-refractivity contribution in [1.82, 2.24) is 0 Å². The summed E-state index contributed by atoms with van der Waals surface area (Å²) >= 11 is 0.